The van der Waals surface area contributed by atoms with E-state index in [2.05, 4.69) is 9.97 Å². The lowest BCUT2D eigenvalue weighted by Crippen LogP contribution is -2.09. The van der Waals surface area contributed by atoms with E-state index in [-0.39, 0.29) is 16.9 Å². The summed E-state index contributed by atoms with van der Waals surface area (Å²) in [6, 6.07) is 16.6. The normalized spacial score (nSPS) is 11.0. The molecule has 0 saturated heterocycles. The summed E-state index contributed by atoms with van der Waals surface area (Å²) < 4.78 is 14.7. The molecule has 3 aromatic carbocycles. The summed E-state index contributed by atoms with van der Waals surface area (Å²) in [5.74, 6) is -0.320. The molecule has 0 fully saturated rings. The number of fused-ring (bicyclic) bond motifs is 1. The van der Waals surface area contributed by atoms with Gasteiger partial charge in [-0.05, 0) is 53.6 Å². The van der Waals surface area contributed by atoms with Crippen molar-refractivity contribution in [2.45, 2.75) is 0 Å². The largest absolute Gasteiger partial charge is 0.306 e. The van der Waals surface area contributed by atoms with E-state index >= 15 is 0 Å². The van der Waals surface area contributed by atoms with E-state index in [1.54, 1.807) is 54.6 Å². The molecule has 0 aliphatic heterocycles. The molecule has 0 bridgehead atoms. The maximum atomic E-state index is 14.7. The van der Waals surface area contributed by atoms with Crippen molar-refractivity contribution in [3.05, 3.63) is 86.9 Å². The molecule has 0 radical (unpaired) electrons. The van der Waals surface area contributed by atoms with E-state index < -0.39 is 5.82 Å². The Balaban J connectivity index is 1.83. The first-order valence-corrected chi connectivity index (χ1v) is 8.52. The second kappa shape index (κ2) is 6.56. The lowest BCUT2D eigenvalue weighted by Gasteiger charge is -2.08. The minimum absolute atomic E-state index is 0.182. The van der Waals surface area contributed by atoms with Crippen LogP contribution in [0.5, 0.6) is 0 Å². The van der Waals surface area contributed by atoms with Crippen molar-refractivity contribution in [3.8, 4) is 22.5 Å². The highest BCUT2D eigenvalue weighted by Gasteiger charge is 2.12. The Morgan fingerprint density at radius 2 is 1.62 bits per heavy atom. The number of H-pyrrole nitrogens is 1. The Hall–Kier alpha value is -2.69. The zero-order valence-corrected chi connectivity index (χ0v) is 14.8. The summed E-state index contributed by atoms with van der Waals surface area (Å²) in [5, 5.41) is 1.40. The molecule has 0 atom stereocenters. The van der Waals surface area contributed by atoms with Gasteiger partial charge in [0.25, 0.3) is 5.56 Å². The first kappa shape index (κ1) is 16.8. The minimum atomic E-state index is -0.503. The van der Waals surface area contributed by atoms with Crippen molar-refractivity contribution < 1.29 is 4.39 Å². The summed E-state index contributed by atoms with van der Waals surface area (Å²) in [6.45, 7) is 0. The van der Waals surface area contributed by atoms with Crippen LogP contribution in [0, 0.1) is 5.82 Å². The summed E-state index contributed by atoms with van der Waals surface area (Å²) >= 11 is 12.0. The molecule has 6 heteroatoms. The van der Waals surface area contributed by atoms with Crippen LogP contribution in [0.4, 0.5) is 4.39 Å². The molecular weight excluding hydrogens is 374 g/mol. The van der Waals surface area contributed by atoms with Crippen LogP contribution in [-0.4, -0.2) is 9.97 Å². The van der Waals surface area contributed by atoms with Crippen LogP contribution in [0.15, 0.2) is 65.5 Å². The molecule has 1 N–H and O–H groups in total. The first-order valence-electron chi connectivity index (χ1n) is 7.77. The molecule has 3 nitrogen and oxygen atoms in total. The minimum Gasteiger partial charge on any atom is -0.306 e. The van der Waals surface area contributed by atoms with Crippen LogP contribution in [0.2, 0.25) is 10.0 Å². The standard InChI is InChI=1S/C20H11Cl2FN2O/c21-13-7-12(8-14(22)10-13)11-5-6-15(17(23)9-11)19-24-18-4-2-1-3-16(18)20(26)25-19/h1-10H,(H,24,25,26). The second-order valence-electron chi connectivity index (χ2n) is 5.78. The van der Waals surface area contributed by atoms with Crippen molar-refractivity contribution >= 4 is 34.1 Å². The van der Waals surface area contributed by atoms with E-state index in [0.717, 1.165) is 0 Å². The van der Waals surface area contributed by atoms with Gasteiger partial charge in [-0.1, -0.05) is 41.4 Å². The van der Waals surface area contributed by atoms with Gasteiger partial charge in [0.15, 0.2) is 0 Å². The summed E-state index contributed by atoms with van der Waals surface area (Å²) in [4.78, 5) is 19.2. The van der Waals surface area contributed by atoms with Gasteiger partial charge in [-0.15, -0.1) is 0 Å². The van der Waals surface area contributed by atoms with Gasteiger partial charge in [-0.25, -0.2) is 9.37 Å². The van der Waals surface area contributed by atoms with Gasteiger partial charge >= 0.3 is 0 Å². The Bertz CT molecular complexity index is 1180. The molecule has 128 valence electrons. The highest BCUT2D eigenvalue weighted by molar-refractivity contribution is 6.35. The summed E-state index contributed by atoms with van der Waals surface area (Å²) in [5.41, 5.74) is 1.74. The van der Waals surface area contributed by atoms with Crippen LogP contribution in [0.3, 0.4) is 0 Å². The molecule has 0 amide bonds. The zero-order valence-electron chi connectivity index (χ0n) is 13.3. The fourth-order valence-electron chi connectivity index (χ4n) is 2.82. The Labute approximate surface area is 158 Å². The highest BCUT2D eigenvalue weighted by atomic mass is 35.5. The molecule has 0 aliphatic rings. The number of aromatic amines is 1. The van der Waals surface area contributed by atoms with Gasteiger partial charge in [0.05, 0.1) is 16.5 Å². The quantitative estimate of drug-likeness (QED) is 0.481. The molecular formula is C20H11Cl2FN2O. The van der Waals surface area contributed by atoms with Crippen molar-refractivity contribution in [1.82, 2.24) is 9.97 Å². The molecule has 4 rings (SSSR count). The molecule has 0 saturated carbocycles. The fraction of sp³-hybridized carbons (Fsp3) is 0. The van der Waals surface area contributed by atoms with Crippen LogP contribution in [-0.2, 0) is 0 Å². The van der Waals surface area contributed by atoms with Gasteiger partial charge in [0.2, 0.25) is 0 Å². The van der Waals surface area contributed by atoms with Gasteiger partial charge in [0, 0.05) is 10.0 Å². The number of hydrogen-bond donors (Lipinski definition) is 1. The van der Waals surface area contributed by atoms with Crippen molar-refractivity contribution in [2.75, 3.05) is 0 Å². The Morgan fingerprint density at radius 3 is 2.35 bits per heavy atom. The van der Waals surface area contributed by atoms with E-state index in [4.69, 9.17) is 23.2 Å². The van der Waals surface area contributed by atoms with Gasteiger partial charge < -0.3 is 4.98 Å². The predicted octanol–water partition coefficient (Wildman–Crippen LogP) is 5.70. The average Bonchev–Trinajstić information content (AvgIpc) is 2.61. The van der Waals surface area contributed by atoms with Gasteiger partial charge in [-0.3, -0.25) is 4.79 Å². The lowest BCUT2D eigenvalue weighted by molar-refractivity contribution is 0.630. The average molecular weight is 385 g/mol. The smallest absolute Gasteiger partial charge is 0.259 e. The third kappa shape index (κ3) is 3.09. The zero-order chi connectivity index (χ0) is 18.3. The molecule has 1 heterocycles. The number of halogens is 3. The van der Waals surface area contributed by atoms with Crippen molar-refractivity contribution in [2.24, 2.45) is 0 Å². The lowest BCUT2D eigenvalue weighted by atomic mass is 10.0. The maximum absolute atomic E-state index is 14.7. The predicted molar refractivity (Wildman–Crippen MR) is 103 cm³/mol. The second-order valence-corrected chi connectivity index (χ2v) is 6.66. The fourth-order valence-corrected chi connectivity index (χ4v) is 3.35. The van der Waals surface area contributed by atoms with Gasteiger partial charge in [-0.2, -0.15) is 0 Å². The van der Waals surface area contributed by atoms with E-state index in [1.165, 1.54) is 6.07 Å². The van der Waals surface area contributed by atoms with Gasteiger partial charge in [0.1, 0.15) is 11.6 Å². The summed E-state index contributed by atoms with van der Waals surface area (Å²) in [6.07, 6.45) is 0. The van der Waals surface area contributed by atoms with Crippen LogP contribution in [0.25, 0.3) is 33.4 Å². The summed E-state index contributed by atoms with van der Waals surface area (Å²) in [7, 11) is 0. The maximum Gasteiger partial charge on any atom is 0.259 e. The van der Waals surface area contributed by atoms with Crippen molar-refractivity contribution in [3.63, 3.8) is 0 Å². The number of hydrogen-bond acceptors (Lipinski definition) is 2. The monoisotopic (exact) mass is 384 g/mol. The Morgan fingerprint density at radius 1 is 0.885 bits per heavy atom. The third-order valence-electron chi connectivity index (χ3n) is 4.03. The number of rotatable bonds is 2. The molecule has 0 spiro atoms. The van der Waals surface area contributed by atoms with E-state index in [0.29, 0.717) is 32.1 Å². The molecule has 4 aromatic rings. The Kier molecular flexibility index (Phi) is 4.23. The number of benzene rings is 3. The number of nitrogens with zero attached hydrogens (tertiary/aromatic N) is 1. The van der Waals surface area contributed by atoms with E-state index in [1.807, 2.05) is 0 Å². The number of para-hydroxylation sites is 1. The van der Waals surface area contributed by atoms with Crippen LogP contribution >= 0.6 is 23.2 Å². The number of nitrogens with one attached hydrogen (secondary N) is 1. The highest BCUT2D eigenvalue weighted by Crippen LogP contribution is 2.30. The van der Waals surface area contributed by atoms with Crippen molar-refractivity contribution in [1.29, 1.82) is 0 Å². The first-order chi connectivity index (χ1) is 12.5. The molecule has 26 heavy (non-hydrogen) atoms. The van der Waals surface area contributed by atoms with Crippen LogP contribution < -0.4 is 5.56 Å². The SMILES string of the molecule is O=c1[nH]c(-c2ccc(-c3cc(Cl)cc(Cl)c3)cc2F)nc2ccccc12. The molecule has 0 aliphatic carbocycles. The third-order valence-corrected chi connectivity index (χ3v) is 4.47. The topological polar surface area (TPSA) is 45.8 Å². The van der Waals surface area contributed by atoms with E-state index in [9.17, 15) is 9.18 Å². The molecule has 1 aromatic heterocycles. The number of aromatic nitrogens is 2. The van der Waals surface area contributed by atoms with Crippen LogP contribution in [0.1, 0.15) is 0 Å². The molecule has 0 unspecified atom stereocenters.